The van der Waals surface area contributed by atoms with Crippen LogP contribution in [0.4, 0.5) is 0 Å². The molecule has 0 aliphatic carbocycles. The number of ether oxygens (including phenoxy) is 1. The van der Waals surface area contributed by atoms with Gasteiger partial charge < -0.3 is 15.8 Å². The molecule has 0 saturated heterocycles. The van der Waals surface area contributed by atoms with Crippen molar-refractivity contribution in [2.45, 2.75) is 13.0 Å². The lowest BCUT2D eigenvalue weighted by Crippen LogP contribution is -2.25. The number of nitrogens with two attached hydrogens (primary N) is 1. The number of carbonyl (C=O) groups excluding carboxylic acids is 1. The molecule has 4 heteroatoms. The van der Waals surface area contributed by atoms with Crippen LogP contribution in [0.25, 0.3) is 0 Å². The van der Waals surface area contributed by atoms with E-state index in [-0.39, 0.29) is 5.91 Å². The molecule has 21 heavy (non-hydrogen) atoms. The predicted molar refractivity (Wildman–Crippen MR) is 83.4 cm³/mol. The van der Waals surface area contributed by atoms with E-state index in [1.54, 1.807) is 13.2 Å². The Morgan fingerprint density at radius 1 is 1.19 bits per heavy atom. The zero-order valence-corrected chi connectivity index (χ0v) is 12.1. The lowest BCUT2D eigenvalue weighted by molar-refractivity contribution is 0.0954. The molecule has 2 aromatic carbocycles. The van der Waals surface area contributed by atoms with E-state index >= 15 is 0 Å². The summed E-state index contributed by atoms with van der Waals surface area (Å²) in [5.41, 5.74) is 8.25. The molecule has 3 N–H and O–H groups in total. The van der Waals surface area contributed by atoms with Crippen LogP contribution in [0.2, 0.25) is 0 Å². The Morgan fingerprint density at radius 2 is 2.00 bits per heavy atom. The highest BCUT2D eigenvalue weighted by Crippen LogP contribution is 2.17. The van der Waals surface area contributed by atoms with Gasteiger partial charge in [0.25, 0.3) is 5.91 Å². The van der Waals surface area contributed by atoms with Gasteiger partial charge in [-0.1, -0.05) is 30.3 Å². The van der Waals surface area contributed by atoms with Crippen molar-refractivity contribution in [3.8, 4) is 5.75 Å². The summed E-state index contributed by atoms with van der Waals surface area (Å²) in [7, 11) is 1.65. The first kappa shape index (κ1) is 15.1. The summed E-state index contributed by atoms with van der Waals surface area (Å²) in [4.78, 5) is 12.1. The standard InChI is InChI=1S/C17H20N2O2/c1-21-16-8-3-2-6-14(16)9-10-19-17(20)15-7-4-5-13(11-15)12-18/h2-8,11H,9-10,12,18H2,1H3,(H,19,20). The van der Waals surface area contributed by atoms with Crippen molar-refractivity contribution in [3.05, 3.63) is 65.2 Å². The largest absolute Gasteiger partial charge is 0.496 e. The Kier molecular flexibility index (Phi) is 5.35. The summed E-state index contributed by atoms with van der Waals surface area (Å²) in [6.45, 7) is 0.994. The minimum atomic E-state index is -0.0832. The summed E-state index contributed by atoms with van der Waals surface area (Å²) in [5, 5.41) is 2.91. The maximum atomic E-state index is 12.1. The number of rotatable bonds is 6. The molecule has 2 rings (SSSR count). The molecule has 0 heterocycles. The molecular weight excluding hydrogens is 264 g/mol. The maximum absolute atomic E-state index is 12.1. The maximum Gasteiger partial charge on any atom is 0.251 e. The molecule has 0 saturated carbocycles. The fraction of sp³-hybridized carbons (Fsp3) is 0.235. The third-order valence-electron chi connectivity index (χ3n) is 3.30. The van der Waals surface area contributed by atoms with Crippen LogP contribution in [0.15, 0.2) is 48.5 Å². The number of para-hydroxylation sites is 1. The molecule has 0 atom stereocenters. The Labute approximate surface area is 124 Å². The SMILES string of the molecule is COc1ccccc1CCNC(=O)c1cccc(CN)c1. The fourth-order valence-corrected chi connectivity index (χ4v) is 2.16. The normalized spacial score (nSPS) is 10.2. The molecule has 1 amide bonds. The Morgan fingerprint density at radius 3 is 2.76 bits per heavy atom. The van der Waals surface area contributed by atoms with Gasteiger partial charge in [-0.3, -0.25) is 4.79 Å². The predicted octanol–water partition coefficient (Wildman–Crippen LogP) is 2.13. The molecule has 0 spiro atoms. The molecule has 2 aromatic rings. The number of methoxy groups -OCH3 is 1. The van der Waals surface area contributed by atoms with Crippen molar-refractivity contribution in [1.29, 1.82) is 0 Å². The number of nitrogens with one attached hydrogen (secondary N) is 1. The molecule has 110 valence electrons. The van der Waals surface area contributed by atoms with Crippen LogP contribution in [0.3, 0.4) is 0 Å². The number of hydrogen-bond donors (Lipinski definition) is 2. The lowest BCUT2D eigenvalue weighted by atomic mass is 10.1. The summed E-state index contributed by atoms with van der Waals surface area (Å²) in [6, 6.07) is 15.2. The lowest BCUT2D eigenvalue weighted by Gasteiger charge is -2.09. The molecular formula is C17H20N2O2. The molecule has 0 bridgehead atoms. The van der Waals surface area contributed by atoms with E-state index in [1.165, 1.54) is 0 Å². The summed E-state index contributed by atoms with van der Waals surface area (Å²) >= 11 is 0. The van der Waals surface area contributed by atoms with E-state index in [1.807, 2.05) is 42.5 Å². The number of hydrogen-bond acceptors (Lipinski definition) is 3. The van der Waals surface area contributed by atoms with Gasteiger partial charge >= 0.3 is 0 Å². The van der Waals surface area contributed by atoms with Crippen molar-refractivity contribution in [2.75, 3.05) is 13.7 Å². The van der Waals surface area contributed by atoms with Crippen molar-refractivity contribution < 1.29 is 9.53 Å². The highest BCUT2D eigenvalue weighted by molar-refractivity contribution is 5.94. The molecule has 0 aliphatic rings. The van der Waals surface area contributed by atoms with Crippen LogP contribution in [0.1, 0.15) is 21.5 Å². The van der Waals surface area contributed by atoms with Crippen molar-refractivity contribution in [2.24, 2.45) is 5.73 Å². The van der Waals surface area contributed by atoms with Crippen LogP contribution in [-0.2, 0) is 13.0 Å². The Balaban J connectivity index is 1.92. The number of benzene rings is 2. The second-order valence-corrected chi connectivity index (χ2v) is 4.72. The minimum absolute atomic E-state index is 0.0832. The number of carbonyl (C=O) groups is 1. The molecule has 0 radical (unpaired) electrons. The molecule has 0 aromatic heterocycles. The van der Waals surface area contributed by atoms with E-state index in [0.717, 1.165) is 23.3 Å². The van der Waals surface area contributed by atoms with E-state index in [4.69, 9.17) is 10.5 Å². The second-order valence-electron chi connectivity index (χ2n) is 4.72. The van der Waals surface area contributed by atoms with Crippen LogP contribution < -0.4 is 15.8 Å². The highest BCUT2D eigenvalue weighted by Gasteiger charge is 2.06. The Bertz CT molecular complexity index is 611. The average molecular weight is 284 g/mol. The third kappa shape index (κ3) is 4.07. The number of amides is 1. The van der Waals surface area contributed by atoms with Gasteiger partial charge in [0.2, 0.25) is 0 Å². The first-order valence-corrected chi connectivity index (χ1v) is 6.93. The van der Waals surface area contributed by atoms with Crippen molar-refractivity contribution >= 4 is 5.91 Å². The summed E-state index contributed by atoms with van der Waals surface area (Å²) < 4.78 is 5.29. The molecule has 0 fully saturated rings. The van der Waals surface area contributed by atoms with Crippen molar-refractivity contribution in [1.82, 2.24) is 5.32 Å². The quantitative estimate of drug-likeness (QED) is 0.854. The van der Waals surface area contributed by atoms with Gasteiger partial charge in [-0.2, -0.15) is 0 Å². The van der Waals surface area contributed by atoms with E-state index in [0.29, 0.717) is 18.7 Å². The fourth-order valence-electron chi connectivity index (χ4n) is 2.16. The van der Waals surface area contributed by atoms with Crippen LogP contribution in [0, 0.1) is 0 Å². The molecule has 4 nitrogen and oxygen atoms in total. The molecule has 0 unspecified atom stereocenters. The smallest absolute Gasteiger partial charge is 0.251 e. The van der Waals surface area contributed by atoms with E-state index in [2.05, 4.69) is 5.32 Å². The van der Waals surface area contributed by atoms with Crippen LogP contribution in [-0.4, -0.2) is 19.6 Å². The summed E-state index contributed by atoms with van der Waals surface area (Å²) in [5.74, 6) is 0.761. The molecule has 0 aliphatic heterocycles. The Hall–Kier alpha value is -2.33. The second kappa shape index (κ2) is 7.45. The van der Waals surface area contributed by atoms with Gasteiger partial charge in [-0.05, 0) is 35.7 Å². The zero-order chi connectivity index (χ0) is 15.1. The first-order chi connectivity index (χ1) is 10.2. The van der Waals surface area contributed by atoms with Gasteiger partial charge in [0.05, 0.1) is 7.11 Å². The minimum Gasteiger partial charge on any atom is -0.496 e. The summed E-state index contributed by atoms with van der Waals surface area (Å²) in [6.07, 6.45) is 0.729. The van der Waals surface area contributed by atoms with Gasteiger partial charge in [-0.25, -0.2) is 0 Å². The van der Waals surface area contributed by atoms with Gasteiger partial charge in [0.15, 0.2) is 0 Å². The average Bonchev–Trinajstić information content (AvgIpc) is 2.55. The third-order valence-corrected chi connectivity index (χ3v) is 3.30. The van der Waals surface area contributed by atoms with Gasteiger partial charge in [0.1, 0.15) is 5.75 Å². The monoisotopic (exact) mass is 284 g/mol. The van der Waals surface area contributed by atoms with E-state index < -0.39 is 0 Å². The van der Waals surface area contributed by atoms with E-state index in [9.17, 15) is 4.79 Å². The highest BCUT2D eigenvalue weighted by atomic mass is 16.5. The van der Waals surface area contributed by atoms with Crippen molar-refractivity contribution in [3.63, 3.8) is 0 Å². The van der Waals surface area contributed by atoms with Gasteiger partial charge in [0, 0.05) is 18.7 Å². The topological polar surface area (TPSA) is 64.3 Å². The first-order valence-electron chi connectivity index (χ1n) is 6.93. The zero-order valence-electron chi connectivity index (χ0n) is 12.1. The van der Waals surface area contributed by atoms with Crippen LogP contribution in [0.5, 0.6) is 5.75 Å². The van der Waals surface area contributed by atoms with Crippen LogP contribution >= 0.6 is 0 Å². The van der Waals surface area contributed by atoms with Gasteiger partial charge in [-0.15, -0.1) is 0 Å².